The van der Waals surface area contributed by atoms with E-state index in [1.54, 1.807) is 11.0 Å². The van der Waals surface area contributed by atoms with Crippen LogP contribution >= 0.6 is 0 Å². The average molecular weight is 352 g/mol. The molecule has 0 unspecified atom stereocenters. The van der Waals surface area contributed by atoms with Crippen LogP contribution in [0.1, 0.15) is 46.5 Å². The highest BCUT2D eigenvalue weighted by atomic mass is 32.2. The van der Waals surface area contributed by atoms with Crippen molar-refractivity contribution < 1.29 is 17.9 Å². The van der Waals surface area contributed by atoms with Crippen LogP contribution in [0.2, 0.25) is 0 Å². The van der Waals surface area contributed by atoms with Gasteiger partial charge in [-0.05, 0) is 44.9 Å². The maximum Gasteiger partial charge on any atom is 0.240 e. The van der Waals surface area contributed by atoms with Gasteiger partial charge in [-0.2, -0.15) is 0 Å². The standard InChI is InChI=1S/C17H24N2O4S/c1-12(20)19-11-17(2,3)23-16-9-8-14(10-15(16)19)24(21,22)18-13-6-4-5-7-13/h8-10,13,18H,4-7,11H2,1-3H3. The number of fused-ring (bicyclic) bond motifs is 1. The van der Waals surface area contributed by atoms with Crippen molar-refractivity contribution in [1.82, 2.24) is 4.72 Å². The van der Waals surface area contributed by atoms with Gasteiger partial charge in [-0.3, -0.25) is 4.79 Å². The van der Waals surface area contributed by atoms with Gasteiger partial charge >= 0.3 is 0 Å². The van der Waals surface area contributed by atoms with E-state index >= 15 is 0 Å². The number of carbonyl (C=O) groups is 1. The van der Waals surface area contributed by atoms with Crippen LogP contribution in [0.25, 0.3) is 0 Å². The molecule has 3 rings (SSSR count). The summed E-state index contributed by atoms with van der Waals surface area (Å²) < 4.78 is 33.9. The van der Waals surface area contributed by atoms with E-state index in [0.717, 1.165) is 25.7 Å². The lowest BCUT2D eigenvalue weighted by Gasteiger charge is -2.39. The molecule has 0 aromatic heterocycles. The van der Waals surface area contributed by atoms with Crippen molar-refractivity contribution in [2.75, 3.05) is 11.4 Å². The summed E-state index contributed by atoms with van der Waals surface area (Å²) in [6.45, 7) is 5.66. The summed E-state index contributed by atoms with van der Waals surface area (Å²) >= 11 is 0. The van der Waals surface area contributed by atoms with Crippen LogP contribution in [-0.4, -0.2) is 32.5 Å². The highest BCUT2D eigenvalue weighted by Crippen LogP contribution is 2.38. The second kappa shape index (κ2) is 6.04. The van der Waals surface area contributed by atoms with E-state index in [4.69, 9.17) is 4.74 Å². The summed E-state index contributed by atoms with van der Waals surface area (Å²) in [5.41, 5.74) is -0.00244. The topological polar surface area (TPSA) is 75.7 Å². The molecular formula is C17H24N2O4S. The molecule has 0 atom stereocenters. The van der Waals surface area contributed by atoms with Gasteiger partial charge in [0, 0.05) is 13.0 Å². The van der Waals surface area contributed by atoms with Crippen LogP contribution in [0.5, 0.6) is 5.75 Å². The molecule has 1 aromatic carbocycles. The summed E-state index contributed by atoms with van der Waals surface area (Å²) in [5, 5.41) is 0. The number of sulfonamides is 1. The molecule has 1 fully saturated rings. The van der Waals surface area contributed by atoms with Crippen LogP contribution in [-0.2, 0) is 14.8 Å². The summed E-state index contributed by atoms with van der Waals surface area (Å²) in [4.78, 5) is 13.7. The quantitative estimate of drug-likeness (QED) is 0.906. The van der Waals surface area contributed by atoms with Crippen molar-refractivity contribution in [3.63, 3.8) is 0 Å². The van der Waals surface area contributed by atoms with Crippen LogP contribution < -0.4 is 14.4 Å². The predicted molar refractivity (Wildman–Crippen MR) is 91.8 cm³/mol. The average Bonchev–Trinajstić information content (AvgIpc) is 2.97. The molecule has 0 radical (unpaired) electrons. The molecule has 2 aliphatic rings. The Morgan fingerprint density at radius 3 is 2.58 bits per heavy atom. The maximum absolute atomic E-state index is 12.6. The molecule has 1 heterocycles. The Bertz CT molecular complexity index is 752. The fourth-order valence-electron chi connectivity index (χ4n) is 3.37. The minimum absolute atomic E-state index is 0.00475. The van der Waals surface area contributed by atoms with E-state index in [2.05, 4.69) is 4.72 Å². The van der Waals surface area contributed by atoms with Gasteiger partial charge < -0.3 is 9.64 Å². The van der Waals surface area contributed by atoms with Crippen molar-refractivity contribution in [3.8, 4) is 5.75 Å². The van der Waals surface area contributed by atoms with E-state index in [-0.39, 0.29) is 16.8 Å². The number of amides is 1. The van der Waals surface area contributed by atoms with Gasteiger partial charge in [0.2, 0.25) is 15.9 Å². The molecule has 1 aliphatic carbocycles. The van der Waals surface area contributed by atoms with E-state index in [0.29, 0.717) is 18.0 Å². The third kappa shape index (κ3) is 3.42. The van der Waals surface area contributed by atoms with E-state index in [1.165, 1.54) is 19.1 Å². The molecule has 0 saturated heterocycles. The Morgan fingerprint density at radius 2 is 1.96 bits per heavy atom. The summed E-state index contributed by atoms with van der Waals surface area (Å²) in [6, 6.07) is 4.71. The molecule has 1 N–H and O–H groups in total. The number of carbonyl (C=O) groups excluding carboxylic acids is 1. The zero-order chi connectivity index (χ0) is 17.5. The van der Waals surface area contributed by atoms with Gasteiger partial charge in [0.1, 0.15) is 11.4 Å². The fourth-order valence-corrected chi connectivity index (χ4v) is 4.69. The van der Waals surface area contributed by atoms with Crippen LogP contribution in [0.15, 0.2) is 23.1 Å². The van der Waals surface area contributed by atoms with E-state index < -0.39 is 15.6 Å². The molecule has 1 aliphatic heterocycles. The van der Waals surface area contributed by atoms with Gasteiger partial charge in [-0.15, -0.1) is 0 Å². The molecule has 1 aromatic rings. The summed E-state index contributed by atoms with van der Waals surface area (Å²) in [5.74, 6) is 0.396. The molecule has 7 heteroatoms. The van der Waals surface area contributed by atoms with Crippen molar-refractivity contribution >= 4 is 21.6 Å². The smallest absolute Gasteiger partial charge is 0.240 e. The van der Waals surface area contributed by atoms with E-state index in [9.17, 15) is 13.2 Å². The second-order valence-corrected chi connectivity index (χ2v) is 8.91. The molecule has 0 spiro atoms. The monoisotopic (exact) mass is 352 g/mol. The molecule has 6 nitrogen and oxygen atoms in total. The zero-order valence-corrected chi connectivity index (χ0v) is 15.1. The zero-order valence-electron chi connectivity index (χ0n) is 14.3. The molecule has 1 amide bonds. The Labute approximate surface area is 143 Å². The number of nitrogens with one attached hydrogen (secondary N) is 1. The normalized spacial score (nSPS) is 20.5. The lowest BCUT2D eigenvalue weighted by atomic mass is 10.1. The Balaban J connectivity index is 1.95. The Kier molecular flexibility index (Phi) is 4.34. The van der Waals surface area contributed by atoms with Crippen molar-refractivity contribution in [3.05, 3.63) is 18.2 Å². The van der Waals surface area contributed by atoms with Crippen molar-refractivity contribution in [2.45, 2.75) is 63.0 Å². The van der Waals surface area contributed by atoms with Gasteiger partial charge in [0.15, 0.2) is 0 Å². The van der Waals surface area contributed by atoms with Crippen LogP contribution in [0, 0.1) is 0 Å². The van der Waals surface area contributed by atoms with Gasteiger partial charge in [-0.25, -0.2) is 13.1 Å². The van der Waals surface area contributed by atoms with Crippen molar-refractivity contribution in [1.29, 1.82) is 0 Å². The van der Waals surface area contributed by atoms with Gasteiger partial charge in [-0.1, -0.05) is 12.8 Å². The Morgan fingerprint density at radius 1 is 1.29 bits per heavy atom. The van der Waals surface area contributed by atoms with Crippen molar-refractivity contribution in [2.24, 2.45) is 0 Å². The van der Waals surface area contributed by atoms with Gasteiger partial charge in [0.05, 0.1) is 17.1 Å². The molecule has 1 saturated carbocycles. The second-order valence-electron chi connectivity index (χ2n) is 7.20. The molecular weight excluding hydrogens is 328 g/mol. The minimum Gasteiger partial charge on any atom is -0.484 e. The Hall–Kier alpha value is -1.60. The summed E-state index contributed by atoms with van der Waals surface area (Å²) in [7, 11) is -3.60. The number of hydrogen-bond acceptors (Lipinski definition) is 4. The highest BCUT2D eigenvalue weighted by Gasteiger charge is 2.34. The third-order valence-electron chi connectivity index (χ3n) is 4.51. The number of anilines is 1. The van der Waals surface area contributed by atoms with E-state index in [1.807, 2.05) is 13.8 Å². The highest BCUT2D eigenvalue weighted by molar-refractivity contribution is 7.89. The number of rotatable bonds is 3. The predicted octanol–water partition coefficient (Wildman–Crippen LogP) is 2.43. The lowest BCUT2D eigenvalue weighted by Crippen LogP contribution is -2.48. The first kappa shape index (κ1) is 17.2. The fraction of sp³-hybridized carbons (Fsp3) is 0.588. The minimum atomic E-state index is -3.60. The van der Waals surface area contributed by atoms with Crippen LogP contribution in [0.3, 0.4) is 0 Å². The molecule has 24 heavy (non-hydrogen) atoms. The van der Waals surface area contributed by atoms with Gasteiger partial charge in [0.25, 0.3) is 0 Å². The van der Waals surface area contributed by atoms with Crippen LogP contribution in [0.4, 0.5) is 5.69 Å². The molecule has 132 valence electrons. The first-order chi connectivity index (χ1) is 11.2. The number of benzene rings is 1. The third-order valence-corrected chi connectivity index (χ3v) is 6.03. The number of nitrogens with zero attached hydrogens (tertiary/aromatic N) is 1. The number of ether oxygens (including phenoxy) is 1. The summed E-state index contributed by atoms with van der Waals surface area (Å²) in [6.07, 6.45) is 3.86. The first-order valence-electron chi connectivity index (χ1n) is 8.31. The largest absolute Gasteiger partial charge is 0.484 e. The molecule has 0 bridgehead atoms. The number of hydrogen-bond donors (Lipinski definition) is 1. The maximum atomic E-state index is 12.6. The lowest BCUT2D eigenvalue weighted by molar-refractivity contribution is -0.117. The first-order valence-corrected chi connectivity index (χ1v) is 9.80. The SMILES string of the molecule is CC(=O)N1CC(C)(C)Oc2ccc(S(=O)(=O)NC3CCCC3)cc21.